The second-order valence-corrected chi connectivity index (χ2v) is 12.5. The van der Waals surface area contributed by atoms with Crippen LogP contribution in [0.25, 0.3) is 0 Å². The third-order valence-electron chi connectivity index (χ3n) is 7.07. The molecule has 43 heavy (non-hydrogen) atoms. The van der Waals surface area contributed by atoms with Crippen molar-refractivity contribution in [2.24, 2.45) is 11.1 Å². The first kappa shape index (κ1) is 37.8. The Hall–Kier alpha value is -3.23. The minimum absolute atomic E-state index is 0.138. The van der Waals surface area contributed by atoms with Gasteiger partial charge in [-0.25, -0.2) is 0 Å². The van der Waals surface area contributed by atoms with Gasteiger partial charge in [0.2, 0.25) is 0 Å². The van der Waals surface area contributed by atoms with Crippen LogP contribution in [0.4, 0.5) is 0 Å². The van der Waals surface area contributed by atoms with E-state index in [2.05, 4.69) is 115 Å². The van der Waals surface area contributed by atoms with E-state index in [1.807, 2.05) is 55.1 Å². The van der Waals surface area contributed by atoms with Crippen LogP contribution in [0.5, 0.6) is 0 Å². The van der Waals surface area contributed by atoms with Crippen LogP contribution in [0.2, 0.25) is 0 Å². The molecule has 0 spiro atoms. The van der Waals surface area contributed by atoms with Crippen LogP contribution in [0.15, 0.2) is 144 Å². The Bertz CT molecular complexity index is 1220. The zero-order valence-electron chi connectivity index (χ0n) is 27.9. The fourth-order valence-corrected chi connectivity index (χ4v) is 5.83. The quantitative estimate of drug-likeness (QED) is 0.152. The second kappa shape index (κ2) is 22.3. The van der Waals surface area contributed by atoms with Crippen LogP contribution in [0, 0.1) is 5.41 Å². The highest BCUT2D eigenvalue weighted by Gasteiger charge is 2.22. The van der Waals surface area contributed by atoms with Crippen LogP contribution in [0.3, 0.4) is 0 Å². The molecule has 0 unspecified atom stereocenters. The lowest BCUT2D eigenvalue weighted by Gasteiger charge is -2.28. The van der Waals surface area contributed by atoms with Gasteiger partial charge in [0.05, 0.1) is 0 Å². The van der Waals surface area contributed by atoms with Gasteiger partial charge in [-0.2, -0.15) is 0 Å². The van der Waals surface area contributed by atoms with Crippen molar-refractivity contribution < 1.29 is 0 Å². The Kier molecular flexibility index (Phi) is 19.6. The van der Waals surface area contributed by atoms with Crippen LogP contribution >= 0.6 is 11.8 Å². The third kappa shape index (κ3) is 15.7. The summed E-state index contributed by atoms with van der Waals surface area (Å²) in [6.07, 6.45) is 34.6. The molecular formula is C41H57NS. The predicted octanol–water partition coefficient (Wildman–Crippen LogP) is 12.1. The summed E-state index contributed by atoms with van der Waals surface area (Å²) in [6.45, 7) is 21.5. The lowest BCUT2D eigenvalue weighted by Crippen LogP contribution is -2.14. The average Bonchev–Trinajstić information content (AvgIpc) is 2.98. The van der Waals surface area contributed by atoms with Crippen LogP contribution in [-0.4, -0.2) is 5.75 Å². The predicted molar refractivity (Wildman–Crippen MR) is 198 cm³/mol. The van der Waals surface area contributed by atoms with E-state index in [-0.39, 0.29) is 5.41 Å². The van der Waals surface area contributed by atoms with Crippen molar-refractivity contribution in [1.82, 2.24) is 0 Å². The molecule has 0 saturated carbocycles. The van der Waals surface area contributed by atoms with E-state index in [0.717, 1.165) is 37.0 Å². The minimum Gasteiger partial charge on any atom is -0.398 e. The summed E-state index contributed by atoms with van der Waals surface area (Å²) in [5.74, 6) is 1.13. The molecule has 1 aromatic rings. The fraction of sp³-hybridized carbons (Fsp3) is 0.366. The topological polar surface area (TPSA) is 26.0 Å². The largest absolute Gasteiger partial charge is 0.398 e. The maximum Gasteiger partial charge on any atom is 0.0381 e. The zero-order valence-corrected chi connectivity index (χ0v) is 28.7. The van der Waals surface area contributed by atoms with Crippen LogP contribution in [0.1, 0.15) is 84.8 Å². The SMILES string of the molecule is C=C/C(=C(\C=C/Cc1ccc(C/C=C\C(=C/CC)C/C=C\C=C(/N)C(=C)/C=C\C=C/C)cc1)SCCC)C(C)(C)CCC. The highest BCUT2D eigenvalue weighted by molar-refractivity contribution is 8.03. The lowest BCUT2D eigenvalue weighted by molar-refractivity contribution is 0.411. The normalized spacial score (nSPS) is 14.2. The Labute approximate surface area is 269 Å². The van der Waals surface area contributed by atoms with Gasteiger partial charge in [0.25, 0.3) is 0 Å². The molecule has 0 radical (unpaired) electrons. The standard InChI is InChI=1S/C41H57NS/c1-9-14-15-21-34(6)39(42)26-17-16-22-35(20-10-2)23-18-24-36-28-30-37(31-29-36)25-19-27-40(43-33-12-4)38(13-5)41(7,8)32-11-3/h9,13-21,23,26-31H,5-6,10-12,22,24-25,32-33,42H2,1-4,7-8H3/b14-9-,17-16-,21-15-,23-18-,27-19-,35-20-,39-26-,40-38-. The van der Waals surface area contributed by atoms with Crippen molar-refractivity contribution >= 4 is 11.8 Å². The van der Waals surface area contributed by atoms with Gasteiger partial charge in [-0.1, -0.05) is 151 Å². The summed E-state index contributed by atoms with van der Waals surface area (Å²) in [7, 11) is 0. The van der Waals surface area contributed by atoms with Crippen molar-refractivity contribution in [2.75, 3.05) is 5.75 Å². The van der Waals surface area contributed by atoms with Crippen molar-refractivity contribution in [3.8, 4) is 0 Å². The molecule has 232 valence electrons. The van der Waals surface area contributed by atoms with Gasteiger partial charge in [-0.05, 0) is 90.5 Å². The molecular weight excluding hydrogens is 539 g/mol. The molecule has 0 aliphatic rings. The molecule has 0 aromatic heterocycles. The highest BCUT2D eigenvalue weighted by Crippen LogP contribution is 2.38. The van der Waals surface area contributed by atoms with Gasteiger partial charge in [0.1, 0.15) is 0 Å². The first-order valence-corrected chi connectivity index (χ1v) is 16.9. The molecule has 0 aliphatic heterocycles. The second-order valence-electron chi connectivity index (χ2n) is 11.3. The summed E-state index contributed by atoms with van der Waals surface area (Å²) in [6, 6.07) is 9.03. The number of hydrogen-bond donors (Lipinski definition) is 1. The van der Waals surface area contributed by atoms with E-state index in [4.69, 9.17) is 5.73 Å². The van der Waals surface area contributed by atoms with Gasteiger partial charge in [0, 0.05) is 10.6 Å². The first-order chi connectivity index (χ1) is 20.7. The summed E-state index contributed by atoms with van der Waals surface area (Å²) in [4.78, 5) is 1.37. The number of hydrogen-bond acceptors (Lipinski definition) is 2. The van der Waals surface area contributed by atoms with Crippen molar-refractivity contribution in [2.45, 2.75) is 86.5 Å². The number of rotatable bonds is 20. The van der Waals surface area contributed by atoms with Gasteiger partial charge < -0.3 is 5.73 Å². The third-order valence-corrected chi connectivity index (χ3v) is 8.35. The van der Waals surface area contributed by atoms with E-state index in [0.29, 0.717) is 5.70 Å². The molecule has 0 saturated heterocycles. The Balaban J connectivity index is 2.81. The number of benzene rings is 1. The molecule has 0 aliphatic carbocycles. The number of allylic oxidation sites excluding steroid dienone is 15. The molecule has 0 heterocycles. The molecule has 2 heteroatoms. The van der Waals surface area contributed by atoms with E-state index < -0.39 is 0 Å². The Morgan fingerprint density at radius 1 is 0.884 bits per heavy atom. The Morgan fingerprint density at radius 2 is 1.53 bits per heavy atom. The van der Waals surface area contributed by atoms with Crippen LogP contribution in [-0.2, 0) is 12.8 Å². The zero-order chi connectivity index (χ0) is 31.9. The van der Waals surface area contributed by atoms with Crippen molar-refractivity contribution in [1.29, 1.82) is 0 Å². The molecule has 1 aromatic carbocycles. The monoisotopic (exact) mass is 595 g/mol. The Morgan fingerprint density at radius 3 is 2.09 bits per heavy atom. The maximum absolute atomic E-state index is 6.13. The van der Waals surface area contributed by atoms with E-state index >= 15 is 0 Å². The fourth-order valence-electron chi connectivity index (χ4n) is 4.70. The highest BCUT2D eigenvalue weighted by atomic mass is 32.2. The molecule has 0 atom stereocenters. The minimum atomic E-state index is 0.138. The summed E-state index contributed by atoms with van der Waals surface area (Å²) >= 11 is 1.96. The number of thioether (sulfide) groups is 1. The summed E-state index contributed by atoms with van der Waals surface area (Å²) in [5.41, 5.74) is 13.1. The van der Waals surface area contributed by atoms with Crippen molar-refractivity contribution in [3.05, 3.63) is 155 Å². The van der Waals surface area contributed by atoms with E-state index in [1.54, 1.807) is 0 Å². The smallest absolute Gasteiger partial charge is 0.0381 e. The molecule has 2 N–H and O–H groups in total. The average molecular weight is 596 g/mol. The van der Waals surface area contributed by atoms with Gasteiger partial charge in [-0.3, -0.25) is 0 Å². The molecule has 1 nitrogen and oxygen atoms in total. The lowest BCUT2D eigenvalue weighted by atomic mass is 9.80. The summed E-state index contributed by atoms with van der Waals surface area (Å²) in [5, 5.41) is 0. The first-order valence-electron chi connectivity index (χ1n) is 15.9. The molecule has 0 bridgehead atoms. The van der Waals surface area contributed by atoms with Crippen LogP contribution < -0.4 is 5.73 Å². The number of nitrogens with two attached hydrogens (primary N) is 1. The molecule has 0 amide bonds. The van der Waals surface area contributed by atoms with E-state index in [1.165, 1.54) is 46.4 Å². The maximum atomic E-state index is 6.13. The molecule has 1 rings (SSSR count). The van der Waals surface area contributed by atoms with Crippen molar-refractivity contribution in [3.63, 3.8) is 0 Å². The van der Waals surface area contributed by atoms with Gasteiger partial charge in [-0.15, -0.1) is 11.8 Å². The molecule has 0 fully saturated rings. The van der Waals surface area contributed by atoms with E-state index in [9.17, 15) is 0 Å². The summed E-state index contributed by atoms with van der Waals surface area (Å²) < 4.78 is 0. The van der Waals surface area contributed by atoms with Gasteiger partial charge in [0.15, 0.2) is 0 Å². The van der Waals surface area contributed by atoms with Gasteiger partial charge >= 0.3 is 0 Å².